The number of carbonyl (C=O) groups excluding carboxylic acids is 1. The standard InChI is InChI=1S/C18H21N7O2/c1-12(2)16-19-18(27-22-16)14-9-6-10-24(14)15(26)11-25-21-17(20-23-25)13-7-4-3-5-8-13/h3-5,7-8,12,14H,6,9-11H2,1-2H3/t14-/m1/s1. The van der Waals surface area contributed by atoms with E-state index in [9.17, 15) is 4.79 Å². The van der Waals surface area contributed by atoms with Crippen molar-refractivity contribution in [2.24, 2.45) is 0 Å². The van der Waals surface area contributed by atoms with Gasteiger partial charge in [-0.1, -0.05) is 49.3 Å². The summed E-state index contributed by atoms with van der Waals surface area (Å²) in [7, 11) is 0. The second kappa shape index (κ2) is 7.26. The lowest BCUT2D eigenvalue weighted by atomic mass is 10.2. The summed E-state index contributed by atoms with van der Waals surface area (Å²) in [4.78, 5) is 20.3. The Balaban J connectivity index is 1.46. The number of amides is 1. The van der Waals surface area contributed by atoms with Gasteiger partial charge in [-0.25, -0.2) is 0 Å². The van der Waals surface area contributed by atoms with Crippen molar-refractivity contribution >= 4 is 5.91 Å². The second-order valence-corrected chi connectivity index (χ2v) is 6.90. The van der Waals surface area contributed by atoms with Gasteiger partial charge in [-0.15, -0.1) is 10.2 Å². The van der Waals surface area contributed by atoms with E-state index in [1.165, 1.54) is 4.80 Å². The molecule has 0 N–H and O–H groups in total. The maximum atomic E-state index is 12.8. The molecule has 27 heavy (non-hydrogen) atoms. The third-order valence-electron chi connectivity index (χ3n) is 4.59. The molecule has 3 heterocycles. The Kier molecular flexibility index (Phi) is 4.66. The van der Waals surface area contributed by atoms with Gasteiger partial charge in [-0.3, -0.25) is 4.79 Å². The molecule has 0 aliphatic carbocycles. The fourth-order valence-corrected chi connectivity index (χ4v) is 3.16. The van der Waals surface area contributed by atoms with Gasteiger partial charge < -0.3 is 9.42 Å². The normalized spacial score (nSPS) is 17.0. The van der Waals surface area contributed by atoms with Crippen LogP contribution < -0.4 is 0 Å². The van der Waals surface area contributed by atoms with Crippen molar-refractivity contribution in [2.75, 3.05) is 6.54 Å². The van der Waals surface area contributed by atoms with E-state index in [0.29, 0.717) is 24.1 Å². The number of benzene rings is 1. The molecule has 1 aromatic carbocycles. The zero-order valence-electron chi connectivity index (χ0n) is 15.3. The monoisotopic (exact) mass is 367 g/mol. The highest BCUT2D eigenvalue weighted by atomic mass is 16.5. The van der Waals surface area contributed by atoms with Crippen LogP contribution in [0.15, 0.2) is 34.9 Å². The van der Waals surface area contributed by atoms with E-state index in [2.05, 4.69) is 25.6 Å². The van der Waals surface area contributed by atoms with Gasteiger partial charge >= 0.3 is 0 Å². The summed E-state index contributed by atoms with van der Waals surface area (Å²) in [6.45, 7) is 4.70. The number of carbonyl (C=O) groups is 1. The maximum absolute atomic E-state index is 12.8. The van der Waals surface area contributed by atoms with Crippen molar-refractivity contribution in [3.8, 4) is 11.4 Å². The molecule has 3 aromatic rings. The third-order valence-corrected chi connectivity index (χ3v) is 4.59. The van der Waals surface area contributed by atoms with Crippen molar-refractivity contribution in [3.05, 3.63) is 42.0 Å². The molecule has 1 atom stereocenters. The summed E-state index contributed by atoms with van der Waals surface area (Å²) in [5, 5.41) is 16.4. The molecule has 0 radical (unpaired) electrons. The van der Waals surface area contributed by atoms with Gasteiger partial charge in [-0.05, 0) is 18.1 Å². The van der Waals surface area contributed by atoms with Crippen LogP contribution in [0.5, 0.6) is 0 Å². The van der Waals surface area contributed by atoms with Crippen LogP contribution in [0.25, 0.3) is 11.4 Å². The Morgan fingerprint density at radius 1 is 1.30 bits per heavy atom. The number of rotatable bonds is 5. The summed E-state index contributed by atoms with van der Waals surface area (Å²) < 4.78 is 5.40. The van der Waals surface area contributed by atoms with Gasteiger partial charge in [-0.2, -0.15) is 9.78 Å². The molecular weight excluding hydrogens is 346 g/mol. The number of likely N-dealkylation sites (tertiary alicyclic amines) is 1. The molecule has 0 saturated carbocycles. The Labute approximate surface area is 156 Å². The minimum Gasteiger partial charge on any atom is -0.337 e. The predicted molar refractivity (Wildman–Crippen MR) is 95.3 cm³/mol. The van der Waals surface area contributed by atoms with Gasteiger partial charge in [0.15, 0.2) is 5.82 Å². The van der Waals surface area contributed by atoms with Crippen LogP contribution in [0.3, 0.4) is 0 Å². The lowest BCUT2D eigenvalue weighted by Crippen LogP contribution is -2.34. The summed E-state index contributed by atoms with van der Waals surface area (Å²) in [5.41, 5.74) is 0.863. The molecule has 1 saturated heterocycles. The SMILES string of the molecule is CC(C)c1noc([C@H]2CCCN2C(=O)Cn2nnc(-c3ccccc3)n2)n1. The molecule has 1 aliphatic heterocycles. The smallest absolute Gasteiger partial charge is 0.249 e. The fraction of sp³-hybridized carbons (Fsp3) is 0.444. The molecule has 1 aliphatic rings. The highest BCUT2D eigenvalue weighted by Crippen LogP contribution is 2.31. The lowest BCUT2D eigenvalue weighted by Gasteiger charge is -2.21. The molecule has 1 amide bonds. The molecule has 140 valence electrons. The van der Waals surface area contributed by atoms with Gasteiger partial charge in [0.05, 0.1) is 0 Å². The van der Waals surface area contributed by atoms with E-state index in [-0.39, 0.29) is 24.4 Å². The molecule has 9 heteroatoms. The van der Waals surface area contributed by atoms with Crippen LogP contribution in [0.2, 0.25) is 0 Å². The van der Waals surface area contributed by atoms with E-state index in [0.717, 1.165) is 18.4 Å². The number of hydrogen-bond acceptors (Lipinski definition) is 7. The zero-order valence-corrected chi connectivity index (χ0v) is 15.3. The highest BCUT2D eigenvalue weighted by molar-refractivity contribution is 5.76. The third kappa shape index (κ3) is 3.57. The average Bonchev–Trinajstić information content (AvgIpc) is 3.41. The minimum absolute atomic E-state index is 0.0293. The van der Waals surface area contributed by atoms with Gasteiger partial charge in [0.25, 0.3) is 0 Å². The molecule has 0 bridgehead atoms. The summed E-state index contributed by atoms with van der Waals surface area (Å²) in [6, 6.07) is 9.36. The largest absolute Gasteiger partial charge is 0.337 e. The minimum atomic E-state index is -0.186. The van der Waals surface area contributed by atoms with Crippen molar-refractivity contribution in [2.45, 2.75) is 45.2 Å². The van der Waals surface area contributed by atoms with Crippen LogP contribution in [0.1, 0.15) is 50.4 Å². The van der Waals surface area contributed by atoms with Crippen LogP contribution in [-0.2, 0) is 11.3 Å². The first kappa shape index (κ1) is 17.3. The fourth-order valence-electron chi connectivity index (χ4n) is 3.16. The van der Waals surface area contributed by atoms with E-state index in [4.69, 9.17) is 4.52 Å². The second-order valence-electron chi connectivity index (χ2n) is 6.90. The number of aromatic nitrogens is 6. The molecule has 0 spiro atoms. The zero-order chi connectivity index (χ0) is 18.8. The van der Waals surface area contributed by atoms with Gasteiger partial charge in [0.2, 0.25) is 17.6 Å². The number of nitrogens with zero attached hydrogens (tertiary/aromatic N) is 7. The molecule has 0 unspecified atom stereocenters. The Morgan fingerprint density at radius 3 is 2.85 bits per heavy atom. The Hall–Kier alpha value is -3.10. The molecule has 1 fully saturated rings. The highest BCUT2D eigenvalue weighted by Gasteiger charge is 2.34. The summed E-state index contributed by atoms with van der Waals surface area (Å²) in [5.74, 6) is 1.76. The van der Waals surface area contributed by atoms with Crippen LogP contribution in [-0.4, -0.2) is 47.7 Å². The quantitative estimate of drug-likeness (QED) is 0.681. The van der Waals surface area contributed by atoms with E-state index < -0.39 is 0 Å². The number of tetrazole rings is 1. The van der Waals surface area contributed by atoms with E-state index in [1.54, 1.807) is 4.90 Å². The van der Waals surface area contributed by atoms with E-state index >= 15 is 0 Å². The topological polar surface area (TPSA) is 103 Å². The van der Waals surface area contributed by atoms with Crippen LogP contribution >= 0.6 is 0 Å². The summed E-state index contributed by atoms with van der Waals surface area (Å²) in [6.07, 6.45) is 1.71. The first-order valence-corrected chi connectivity index (χ1v) is 9.08. The number of hydrogen-bond donors (Lipinski definition) is 0. The Morgan fingerprint density at radius 2 is 2.11 bits per heavy atom. The van der Waals surface area contributed by atoms with Crippen molar-refractivity contribution in [1.29, 1.82) is 0 Å². The maximum Gasteiger partial charge on any atom is 0.249 e. The van der Waals surface area contributed by atoms with Gasteiger partial charge in [0.1, 0.15) is 12.6 Å². The summed E-state index contributed by atoms with van der Waals surface area (Å²) >= 11 is 0. The van der Waals surface area contributed by atoms with Crippen LogP contribution in [0.4, 0.5) is 0 Å². The molecule has 4 rings (SSSR count). The van der Waals surface area contributed by atoms with Gasteiger partial charge in [0, 0.05) is 18.0 Å². The van der Waals surface area contributed by atoms with E-state index in [1.807, 2.05) is 44.2 Å². The first-order chi connectivity index (χ1) is 13.1. The van der Waals surface area contributed by atoms with Crippen molar-refractivity contribution in [3.63, 3.8) is 0 Å². The first-order valence-electron chi connectivity index (χ1n) is 9.08. The lowest BCUT2D eigenvalue weighted by molar-refractivity contribution is -0.133. The predicted octanol–water partition coefficient (Wildman–Crippen LogP) is 2.21. The van der Waals surface area contributed by atoms with Crippen LogP contribution in [0, 0.1) is 0 Å². The molecule has 9 nitrogen and oxygen atoms in total. The Bertz CT molecular complexity index is 919. The molecule has 2 aromatic heterocycles. The average molecular weight is 367 g/mol. The molecular formula is C18H21N7O2. The van der Waals surface area contributed by atoms with Crippen molar-refractivity contribution < 1.29 is 9.32 Å². The van der Waals surface area contributed by atoms with Crippen molar-refractivity contribution in [1.82, 2.24) is 35.2 Å².